The fourth-order valence-electron chi connectivity index (χ4n) is 5.08. The summed E-state index contributed by atoms with van der Waals surface area (Å²) in [6, 6.07) is 28.7. The number of hydrogen-bond acceptors (Lipinski definition) is 5. The van der Waals surface area contributed by atoms with Crippen molar-refractivity contribution in [2.45, 2.75) is 38.3 Å². The molecule has 0 spiro atoms. The number of rotatable bonds is 9. The quantitative estimate of drug-likeness (QED) is 0.198. The Morgan fingerprint density at radius 3 is 2.33 bits per heavy atom. The minimum absolute atomic E-state index is 0.124. The largest absolute Gasteiger partial charge is 0.489 e. The van der Waals surface area contributed by atoms with Gasteiger partial charge in [0, 0.05) is 29.1 Å². The van der Waals surface area contributed by atoms with Crippen LogP contribution in [0.25, 0.3) is 11.1 Å². The minimum atomic E-state index is -1.15. The van der Waals surface area contributed by atoms with Gasteiger partial charge >= 0.3 is 5.97 Å². The summed E-state index contributed by atoms with van der Waals surface area (Å²) >= 11 is 6.05. The first-order valence-corrected chi connectivity index (χ1v) is 13.6. The van der Waals surface area contributed by atoms with Crippen LogP contribution in [-0.4, -0.2) is 24.0 Å². The van der Waals surface area contributed by atoms with E-state index in [1.165, 1.54) is 0 Å². The molecule has 1 unspecified atom stereocenters. The molecule has 204 valence electrons. The molecule has 0 saturated carbocycles. The van der Waals surface area contributed by atoms with E-state index in [0.29, 0.717) is 35.9 Å². The number of esters is 1. The molecule has 4 aromatic rings. The normalized spacial score (nSPS) is 15.8. The maximum absolute atomic E-state index is 13.2. The SMILES string of the molecule is CCOC(=O)C1(NC(=O)Cc2ccc(OCc3ccccc3N)cc2)Cc2ccc(-c3ccc(Cl)cc3)cc2C1. The van der Waals surface area contributed by atoms with Crippen LogP contribution in [0.15, 0.2) is 91.0 Å². The third-order valence-corrected chi connectivity index (χ3v) is 7.40. The molecule has 0 saturated heterocycles. The van der Waals surface area contributed by atoms with E-state index in [-0.39, 0.29) is 18.9 Å². The lowest BCUT2D eigenvalue weighted by atomic mass is 9.95. The molecule has 0 aliphatic heterocycles. The second-order valence-corrected chi connectivity index (χ2v) is 10.4. The molecule has 0 fully saturated rings. The van der Waals surface area contributed by atoms with Gasteiger partial charge in [0.15, 0.2) is 0 Å². The number of nitrogens with one attached hydrogen (secondary N) is 1. The smallest absolute Gasteiger partial charge is 0.332 e. The Kier molecular flexibility index (Phi) is 8.08. The lowest BCUT2D eigenvalue weighted by Crippen LogP contribution is -2.56. The van der Waals surface area contributed by atoms with E-state index in [9.17, 15) is 9.59 Å². The predicted octanol–water partition coefficient (Wildman–Crippen LogP) is 5.93. The number of nitrogen functional groups attached to an aromatic ring is 1. The number of ether oxygens (including phenoxy) is 2. The molecule has 1 atom stereocenters. The van der Waals surface area contributed by atoms with Gasteiger partial charge in [-0.05, 0) is 65.1 Å². The molecule has 0 radical (unpaired) electrons. The Bertz CT molecular complexity index is 1520. The molecule has 0 bridgehead atoms. The predicted molar refractivity (Wildman–Crippen MR) is 157 cm³/mol. The third kappa shape index (κ3) is 6.13. The molecule has 6 nitrogen and oxygen atoms in total. The molecule has 0 aromatic heterocycles. The van der Waals surface area contributed by atoms with Crippen molar-refractivity contribution in [1.29, 1.82) is 0 Å². The van der Waals surface area contributed by atoms with Crippen LogP contribution < -0.4 is 15.8 Å². The number of halogens is 1. The Balaban J connectivity index is 1.26. The zero-order valence-corrected chi connectivity index (χ0v) is 23.0. The van der Waals surface area contributed by atoms with Gasteiger partial charge in [-0.25, -0.2) is 4.79 Å². The number of amides is 1. The van der Waals surface area contributed by atoms with Crippen LogP contribution >= 0.6 is 11.6 Å². The summed E-state index contributed by atoms with van der Waals surface area (Å²) in [4.78, 5) is 26.4. The standard InChI is InChI=1S/C33H31ClN2O4/c1-2-39-32(38)33(19-25-10-9-24(18-27(25)20-33)23-11-13-28(34)14-12-23)36-31(37)17-22-7-15-29(16-8-22)40-21-26-5-3-4-6-30(26)35/h3-16,18H,2,17,19-21,35H2,1H3,(H,36,37). The molecule has 0 heterocycles. The highest BCUT2D eigenvalue weighted by Crippen LogP contribution is 2.35. The summed E-state index contributed by atoms with van der Waals surface area (Å²) in [6.07, 6.45) is 0.867. The van der Waals surface area contributed by atoms with Gasteiger partial charge in [-0.1, -0.05) is 72.3 Å². The molecule has 1 aliphatic rings. The van der Waals surface area contributed by atoms with Gasteiger partial charge in [0.2, 0.25) is 5.91 Å². The molecule has 1 amide bonds. The van der Waals surface area contributed by atoms with Gasteiger partial charge in [0.1, 0.15) is 17.9 Å². The average Bonchev–Trinajstić information content (AvgIpc) is 3.32. The highest BCUT2D eigenvalue weighted by atomic mass is 35.5. The van der Waals surface area contributed by atoms with E-state index in [2.05, 4.69) is 11.4 Å². The lowest BCUT2D eigenvalue weighted by Gasteiger charge is -2.28. The van der Waals surface area contributed by atoms with E-state index < -0.39 is 11.5 Å². The van der Waals surface area contributed by atoms with Crippen molar-refractivity contribution in [3.05, 3.63) is 118 Å². The first-order valence-electron chi connectivity index (χ1n) is 13.3. The molecule has 3 N–H and O–H groups in total. The second-order valence-electron chi connectivity index (χ2n) is 10.0. The van der Waals surface area contributed by atoms with E-state index in [1.54, 1.807) is 6.92 Å². The van der Waals surface area contributed by atoms with E-state index in [0.717, 1.165) is 33.4 Å². The zero-order chi connectivity index (χ0) is 28.1. The fourth-order valence-corrected chi connectivity index (χ4v) is 5.20. The monoisotopic (exact) mass is 554 g/mol. The molecule has 4 aromatic carbocycles. The van der Waals surface area contributed by atoms with Crippen molar-refractivity contribution in [3.63, 3.8) is 0 Å². The van der Waals surface area contributed by atoms with Crippen LogP contribution in [0.2, 0.25) is 5.02 Å². The summed E-state index contributed by atoms with van der Waals surface area (Å²) in [5, 5.41) is 3.71. The maximum atomic E-state index is 13.2. The summed E-state index contributed by atoms with van der Waals surface area (Å²) < 4.78 is 11.3. The highest BCUT2D eigenvalue weighted by molar-refractivity contribution is 6.30. The molecule has 40 heavy (non-hydrogen) atoms. The molecular weight excluding hydrogens is 524 g/mol. The number of anilines is 1. The van der Waals surface area contributed by atoms with Crippen LogP contribution in [-0.2, 0) is 40.2 Å². The maximum Gasteiger partial charge on any atom is 0.332 e. The Labute approximate surface area is 239 Å². The van der Waals surface area contributed by atoms with Crippen molar-refractivity contribution in [2.24, 2.45) is 0 Å². The number of carbonyl (C=O) groups excluding carboxylic acids is 2. The van der Waals surface area contributed by atoms with Crippen LogP contribution in [0.5, 0.6) is 5.75 Å². The number of para-hydroxylation sites is 1. The third-order valence-electron chi connectivity index (χ3n) is 7.15. The summed E-state index contributed by atoms with van der Waals surface area (Å²) in [6.45, 7) is 2.36. The Morgan fingerprint density at radius 1 is 0.900 bits per heavy atom. The van der Waals surface area contributed by atoms with E-state index >= 15 is 0 Å². The Morgan fingerprint density at radius 2 is 1.60 bits per heavy atom. The Hall–Kier alpha value is -4.29. The van der Waals surface area contributed by atoms with Crippen molar-refractivity contribution < 1.29 is 19.1 Å². The number of fused-ring (bicyclic) bond motifs is 1. The van der Waals surface area contributed by atoms with E-state index in [1.807, 2.05) is 84.9 Å². The van der Waals surface area contributed by atoms with Gasteiger partial charge in [-0.3, -0.25) is 4.79 Å². The topological polar surface area (TPSA) is 90.6 Å². The first kappa shape index (κ1) is 27.3. The summed E-state index contributed by atoms with van der Waals surface area (Å²) in [5.41, 5.74) is 11.3. The molecule has 5 rings (SSSR count). The van der Waals surface area contributed by atoms with Crippen LogP contribution in [0.4, 0.5) is 5.69 Å². The van der Waals surface area contributed by atoms with Gasteiger partial charge in [-0.15, -0.1) is 0 Å². The fraction of sp³-hybridized carbons (Fsp3) is 0.212. The molecular formula is C33H31ClN2O4. The van der Waals surface area contributed by atoms with Crippen LogP contribution in [0.3, 0.4) is 0 Å². The first-order chi connectivity index (χ1) is 19.3. The molecule has 7 heteroatoms. The number of carbonyl (C=O) groups is 2. The van der Waals surface area contributed by atoms with E-state index in [4.69, 9.17) is 26.8 Å². The van der Waals surface area contributed by atoms with Crippen molar-refractivity contribution >= 4 is 29.2 Å². The van der Waals surface area contributed by atoms with Gasteiger partial charge in [0.25, 0.3) is 0 Å². The second kappa shape index (κ2) is 11.8. The lowest BCUT2D eigenvalue weighted by molar-refractivity contribution is -0.153. The van der Waals surface area contributed by atoms with Crippen molar-refractivity contribution in [3.8, 4) is 16.9 Å². The van der Waals surface area contributed by atoms with Gasteiger partial charge < -0.3 is 20.5 Å². The number of hydrogen-bond donors (Lipinski definition) is 2. The minimum Gasteiger partial charge on any atom is -0.489 e. The van der Waals surface area contributed by atoms with Crippen molar-refractivity contribution in [1.82, 2.24) is 5.32 Å². The zero-order valence-electron chi connectivity index (χ0n) is 22.3. The van der Waals surface area contributed by atoms with Crippen molar-refractivity contribution in [2.75, 3.05) is 12.3 Å². The van der Waals surface area contributed by atoms with Gasteiger partial charge in [-0.2, -0.15) is 0 Å². The summed E-state index contributed by atoms with van der Waals surface area (Å²) in [5.74, 6) is 0.0131. The van der Waals surface area contributed by atoms with Crippen LogP contribution in [0.1, 0.15) is 29.2 Å². The molecule has 1 aliphatic carbocycles. The average molecular weight is 555 g/mol. The number of benzene rings is 4. The summed E-state index contributed by atoms with van der Waals surface area (Å²) in [7, 11) is 0. The number of nitrogens with two attached hydrogens (primary N) is 1. The van der Waals surface area contributed by atoms with Crippen LogP contribution in [0, 0.1) is 0 Å². The highest BCUT2D eigenvalue weighted by Gasteiger charge is 2.46. The van der Waals surface area contributed by atoms with Gasteiger partial charge in [0.05, 0.1) is 13.0 Å².